The van der Waals surface area contributed by atoms with Crippen molar-refractivity contribution in [2.24, 2.45) is 11.6 Å². The number of hydrogen-bond acceptors (Lipinski definition) is 5. The molecular weight excluding hydrogens is 319 g/mol. The van der Waals surface area contributed by atoms with Crippen LogP contribution in [0.5, 0.6) is 5.75 Å². The van der Waals surface area contributed by atoms with E-state index in [1.165, 1.54) is 5.01 Å². The molecule has 4 N–H and O–H groups in total. The Bertz CT molecular complexity index is 684. The highest BCUT2D eigenvalue weighted by Gasteiger charge is 2.03. The zero-order valence-corrected chi connectivity index (χ0v) is 14.7. The van der Waals surface area contributed by atoms with Gasteiger partial charge in [-0.15, -0.1) is 0 Å². The predicted octanol–water partition coefficient (Wildman–Crippen LogP) is 3.13. The van der Waals surface area contributed by atoms with Crippen LogP contribution in [0.25, 0.3) is 5.70 Å². The van der Waals surface area contributed by atoms with Crippen molar-refractivity contribution < 1.29 is 9.13 Å². The Balaban J connectivity index is 2.03. The Morgan fingerprint density at radius 2 is 1.64 bits per heavy atom. The Morgan fingerprint density at radius 3 is 2.20 bits per heavy atom. The maximum Gasteiger partial charge on any atom is 0.119 e. The first-order valence-corrected chi connectivity index (χ1v) is 8.09. The fraction of sp³-hybridized carbons (Fsp3) is 0.263. The second kappa shape index (κ2) is 8.94. The maximum atomic E-state index is 12.1. The van der Waals surface area contributed by atoms with Crippen LogP contribution < -0.4 is 26.2 Å². The maximum absolute atomic E-state index is 12.1. The molecule has 0 unspecified atom stereocenters. The van der Waals surface area contributed by atoms with Gasteiger partial charge in [-0.2, -0.15) is 0 Å². The molecule has 0 fully saturated rings. The molecule has 5 nitrogen and oxygen atoms in total. The zero-order valence-electron chi connectivity index (χ0n) is 14.7. The minimum atomic E-state index is -0.381. The van der Waals surface area contributed by atoms with Crippen molar-refractivity contribution in [3.63, 3.8) is 0 Å². The third-order valence-electron chi connectivity index (χ3n) is 3.68. The molecule has 0 amide bonds. The average molecular weight is 344 g/mol. The SMILES string of the molecule is CN(C)c1ccc(/C(N)=C/N(N)c2ccc(OCCCF)cc2)cc1. The van der Waals surface area contributed by atoms with E-state index < -0.39 is 0 Å². The molecule has 0 aromatic heterocycles. The van der Waals surface area contributed by atoms with E-state index >= 15 is 0 Å². The molecule has 2 aromatic rings. The molecule has 2 aromatic carbocycles. The van der Waals surface area contributed by atoms with E-state index in [1.807, 2.05) is 55.4 Å². The van der Waals surface area contributed by atoms with E-state index in [9.17, 15) is 4.39 Å². The van der Waals surface area contributed by atoms with Gasteiger partial charge in [0.25, 0.3) is 0 Å². The number of hydrazine groups is 1. The molecule has 2 rings (SSSR count). The van der Waals surface area contributed by atoms with E-state index in [-0.39, 0.29) is 6.67 Å². The first-order chi connectivity index (χ1) is 12.0. The van der Waals surface area contributed by atoms with Gasteiger partial charge in [0.05, 0.1) is 24.7 Å². The van der Waals surface area contributed by atoms with Crippen LogP contribution in [-0.4, -0.2) is 27.4 Å². The topological polar surface area (TPSA) is 67.8 Å². The normalized spacial score (nSPS) is 11.3. The first-order valence-electron chi connectivity index (χ1n) is 8.09. The number of ether oxygens (including phenoxy) is 1. The van der Waals surface area contributed by atoms with E-state index in [4.69, 9.17) is 16.3 Å². The lowest BCUT2D eigenvalue weighted by Crippen LogP contribution is -2.25. The minimum absolute atomic E-state index is 0.359. The summed E-state index contributed by atoms with van der Waals surface area (Å²) in [6.45, 7) is -0.0216. The molecule has 0 saturated carbocycles. The van der Waals surface area contributed by atoms with E-state index in [1.54, 1.807) is 18.3 Å². The lowest BCUT2D eigenvalue weighted by atomic mass is 10.1. The van der Waals surface area contributed by atoms with Crippen LogP contribution in [0.3, 0.4) is 0 Å². The summed E-state index contributed by atoms with van der Waals surface area (Å²) in [6, 6.07) is 15.1. The summed E-state index contributed by atoms with van der Waals surface area (Å²) in [6.07, 6.45) is 2.06. The van der Waals surface area contributed by atoms with Crippen molar-refractivity contribution in [3.05, 3.63) is 60.3 Å². The highest BCUT2D eigenvalue weighted by atomic mass is 19.1. The first kappa shape index (κ1) is 18.6. The van der Waals surface area contributed by atoms with Gasteiger partial charge in [-0.1, -0.05) is 12.1 Å². The standard InChI is InChI=1S/C19H25FN4O/c1-23(2)16-6-4-15(5-7-16)19(21)14-24(22)17-8-10-18(11-9-17)25-13-3-12-20/h4-11,14H,3,12-13,21-22H2,1-2H3/b19-14-. The summed E-state index contributed by atoms with van der Waals surface area (Å²) in [5, 5.41) is 1.46. The summed E-state index contributed by atoms with van der Waals surface area (Å²) < 4.78 is 17.5. The highest BCUT2D eigenvalue weighted by Crippen LogP contribution is 2.20. The van der Waals surface area contributed by atoms with Crippen molar-refractivity contribution in [3.8, 4) is 5.75 Å². The molecule has 0 radical (unpaired) electrons. The smallest absolute Gasteiger partial charge is 0.119 e. The van der Waals surface area contributed by atoms with Crippen LogP contribution in [0, 0.1) is 0 Å². The van der Waals surface area contributed by atoms with Gasteiger partial charge in [-0.3, -0.25) is 9.40 Å². The number of alkyl halides is 1. The quantitative estimate of drug-likeness (QED) is 0.437. The van der Waals surface area contributed by atoms with E-state index in [0.717, 1.165) is 16.9 Å². The number of nitrogens with zero attached hydrogens (tertiary/aromatic N) is 2. The molecule has 6 heteroatoms. The third-order valence-corrected chi connectivity index (χ3v) is 3.68. The monoisotopic (exact) mass is 344 g/mol. The number of rotatable bonds is 8. The second-order valence-corrected chi connectivity index (χ2v) is 5.82. The van der Waals surface area contributed by atoms with Gasteiger partial charge >= 0.3 is 0 Å². The highest BCUT2D eigenvalue weighted by molar-refractivity contribution is 5.67. The van der Waals surface area contributed by atoms with Crippen LogP contribution in [0.1, 0.15) is 12.0 Å². The summed E-state index contributed by atoms with van der Waals surface area (Å²) in [4.78, 5) is 2.02. The third kappa shape index (κ3) is 5.39. The van der Waals surface area contributed by atoms with Crippen molar-refractivity contribution in [2.75, 3.05) is 37.3 Å². The van der Waals surface area contributed by atoms with Gasteiger partial charge in [-0.25, -0.2) is 5.84 Å². The molecule has 0 aliphatic rings. The summed E-state index contributed by atoms with van der Waals surface area (Å²) in [5.74, 6) is 6.74. The van der Waals surface area contributed by atoms with Crippen LogP contribution in [0.15, 0.2) is 54.7 Å². The Kier molecular flexibility index (Phi) is 6.65. The summed E-state index contributed by atoms with van der Waals surface area (Å²) >= 11 is 0. The largest absolute Gasteiger partial charge is 0.493 e. The van der Waals surface area contributed by atoms with Crippen molar-refractivity contribution >= 4 is 17.1 Å². The van der Waals surface area contributed by atoms with Crippen molar-refractivity contribution in [2.45, 2.75) is 6.42 Å². The van der Waals surface area contributed by atoms with Gasteiger partial charge < -0.3 is 15.4 Å². The van der Waals surface area contributed by atoms with Crippen molar-refractivity contribution in [1.82, 2.24) is 0 Å². The molecule has 0 atom stereocenters. The van der Waals surface area contributed by atoms with E-state index in [0.29, 0.717) is 24.5 Å². The number of nitrogens with two attached hydrogens (primary N) is 2. The molecule has 0 saturated heterocycles. The van der Waals surface area contributed by atoms with Crippen LogP contribution in [-0.2, 0) is 0 Å². The molecule has 0 spiro atoms. The van der Waals surface area contributed by atoms with E-state index in [2.05, 4.69) is 0 Å². The van der Waals surface area contributed by atoms with Crippen LogP contribution >= 0.6 is 0 Å². The van der Waals surface area contributed by atoms with Crippen LogP contribution in [0.2, 0.25) is 0 Å². The number of benzene rings is 2. The fourth-order valence-electron chi connectivity index (χ4n) is 2.21. The summed E-state index contributed by atoms with van der Waals surface area (Å²) in [5.41, 5.74) is 9.47. The molecule has 25 heavy (non-hydrogen) atoms. The zero-order chi connectivity index (χ0) is 18.2. The van der Waals surface area contributed by atoms with Crippen LogP contribution in [0.4, 0.5) is 15.8 Å². The lowest BCUT2D eigenvalue weighted by Gasteiger charge is -2.17. The Morgan fingerprint density at radius 1 is 1.04 bits per heavy atom. The average Bonchev–Trinajstić information content (AvgIpc) is 2.62. The molecule has 0 aliphatic heterocycles. The number of anilines is 2. The Labute approximate surface area is 148 Å². The van der Waals surface area contributed by atoms with Gasteiger partial charge in [0.15, 0.2) is 0 Å². The predicted molar refractivity (Wildman–Crippen MR) is 102 cm³/mol. The minimum Gasteiger partial charge on any atom is -0.493 e. The molecule has 0 heterocycles. The lowest BCUT2D eigenvalue weighted by molar-refractivity contribution is 0.289. The molecule has 134 valence electrons. The molecule has 0 aliphatic carbocycles. The van der Waals surface area contributed by atoms with Gasteiger partial charge in [0.2, 0.25) is 0 Å². The number of hydrogen-bond donors (Lipinski definition) is 2. The summed E-state index contributed by atoms with van der Waals surface area (Å²) in [7, 11) is 3.97. The van der Waals surface area contributed by atoms with Crippen molar-refractivity contribution in [1.29, 1.82) is 0 Å². The van der Waals surface area contributed by atoms with Gasteiger partial charge in [0, 0.05) is 32.4 Å². The molecule has 0 bridgehead atoms. The van der Waals surface area contributed by atoms with Gasteiger partial charge in [-0.05, 0) is 42.0 Å². The number of halogens is 1. The molecular formula is C19H25FN4O. The fourth-order valence-corrected chi connectivity index (χ4v) is 2.21. The Hall–Kier alpha value is -2.73. The van der Waals surface area contributed by atoms with Gasteiger partial charge in [0.1, 0.15) is 5.75 Å². The second-order valence-electron chi connectivity index (χ2n) is 5.82.